The molecule has 0 saturated carbocycles. The molecule has 2 aromatic heterocycles. The third-order valence-electron chi connectivity index (χ3n) is 4.64. The van der Waals surface area contributed by atoms with Gasteiger partial charge in [0.05, 0.1) is 22.5 Å². The summed E-state index contributed by atoms with van der Waals surface area (Å²) in [4.78, 5) is 12.5. The predicted octanol–water partition coefficient (Wildman–Crippen LogP) is 3.15. The fourth-order valence-corrected chi connectivity index (χ4v) is 5.25. The first-order valence-electron chi connectivity index (χ1n) is 9.34. The molecule has 1 amide bonds. The van der Waals surface area contributed by atoms with Gasteiger partial charge in [0, 0.05) is 18.8 Å². The molecule has 158 valence electrons. The van der Waals surface area contributed by atoms with Crippen LogP contribution < -0.4 is 5.32 Å². The van der Waals surface area contributed by atoms with Crippen molar-refractivity contribution in [1.29, 1.82) is 0 Å². The number of hydrogen-bond acceptors (Lipinski definition) is 8. The van der Waals surface area contributed by atoms with Crippen LogP contribution in [0.1, 0.15) is 18.6 Å². The third-order valence-corrected chi connectivity index (χ3v) is 7.36. The fourth-order valence-electron chi connectivity index (χ4n) is 3.12. The van der Waals surface area contributed by atoms with Gasteiger partial charge in [0.15, 0.2) is 0 Å². The summed E-state index contributed by atoms with van der Waals surface area (Å²) in [5.41, 5.74) is 1.12. The van der Waals surface area contributed by atoms with Crippen LogP contribution in [0.15, 0.2) is 55.5 Å². The molecule has 0 spiro atoms. The van der Waals surface area contributed by atoms with Crippen molar-refractivity contribution in [3.63, 3.8) is 0 Å². The van der Waals surface area contributed by atoms with Gasteiger partial charge in [-0.15, -0.1) is 10.2 Å². The smallest absolute Gasteiger partial charge is 0.277 e. The van der Waals surface area contributed by atoms with Crippen molar-refractivity contribution in [2.24, 2.45) is 0 Å². The molecule has 3 heterocycles. The molecule has 3 aromatic rings. The number of sulfonamides is 1. The van der Waals surface area contributed by atoms with Crippen LogP contribution in [-0.4, -0.2) is 47.7 Å². The minimum Gasteiger partial charge on any atom is -0.469 e. The van der Waals surface area contributed by atoms with Crippen LogP contribution in [0.2, 0.25) is 0 Å². The zero-order valence-electron chi connectivity index (χ0n) is 16.2. The number of benzene rings is 1. The van der Waals surface area contributed by atoms with Crippen molar-refractivity contribution >= 4 is 33.4 Å². The molecule has 0 unspecified atom stereocenters. The predicted molar refractivity (Wildman–Crippen MR) is 111 cm³/mol. The Morgan fingerprint density at radius 1 is 1.23 bits per heavy atom. The van der Waals surface area contributed by atoms with Crippen LogP contribution in [0, 0.1) is 6.92 Å². The first kappa shape index (κ1) is 20.6. The van der Waals surface area contributed by atoms with Crippen LogP contribution in [0.3, 0.4) is 0 Å². The van der Waals surface area contributed by atoms with Crippen LogP contribution in [0.25, 0.3) is 11.5 Å². The topological polar surface area (TPSA) is 119 Å². The van der Waals surface area contributed by atoms with E-state index in [1.807, 2.05) is 0 Å². The minimum atomic E-state index is -3.54. The molecule has 1 N–H and O–H groups in total. The van der Waals surface area contributed by atoms with Gasteiger partial charge in [-0.05, 0) is 44.0 Å². The van der Waals surface area contributed by atoms with Crippen molar-refractivity contribution in [2.45, 2.75) is 29.9 Å². The van der Waals surface area contributed by atoms with Crippen molar-refractivity contribution in [3.8, 4) is 11.5 Å². The highest BCUT2D eigenvalue weighted by atomic mass is 32.2. The maximum absolute atomic E-state index is 12.7. The first-order chi connectivity index (χ1) is 14.4. The normalized spacial score (nSPS) is 14.8. The largest absolute Gasteiger partial charge is 0.469 e. The second-order valence-electron chi connectivity index (χ2n) is 6.74. The van der Waals surface area contributed by atoms with Gasteiger partial charge in [-0.1, -0.05) is 17.8 Å². The van der Waals surface area contributed by atoms with Gasteiger partial charge in [-0.2, -0.15) is 4.31 Å². The Labute approximate surface area is 177 Å². The molecule has 1 saturated heterocycles. The number of amides is 1. The summed E-state index contributed by atoms with van der Waals surface area (Å²) in [6.07, 6.45) is 3.27. The van der Waals surface area contributed by atoms with Crippen LogP contribution in [0.4, 0.5) is 5.69 Å². The molecule has 30 heavy (non-hydrogen) atoms. The summed E-state index contributed by atoms with van der Waals surface area (Å²) in [6.45, 7) is 2.85. The van der Waals surface area contributed by atoms with E-state index in [1.165, 1.54) is 22.7 Å². The van der Waals surface area contributed by atoms with E-state index in [1.54, 1.807) is 25.1 Å². The summed E-state index contributed by atoms with van der Waals surface area (Å²) in [5.74, 6) is 0.713. The van der Waals surface area contributed by atoms with E-state index in [0.717, 1.165) is 24.6 Å². The van der Waals surface area contributed by atoms with E-state index in [-0.39, 0.29) is 21.8 Å². The number of hydrogen-bond donors (Lipinski definition) is 1. The summed E-state index contributed by atoms with van der Waals surface area (Å²) in [7, 11) is -3.54. The molecule has 1 fully saturated rings. The summed E-state index contributed by atoms with van der Waals surface area (Å²) < 4.78 is 37.6. The number of furan rings is 1. The molecule has 1 aliphatic rings. The van der Waals surface area contributed by atoms with Crippen molar-refractivity contribution in [1.82, 2.24) is 14.5 Å². The second kappa shape index (κ2) is 8.62. The Hall–Kier alpha value is -2.63. The summed E-state index contributed by atoms with van der Waals surface area (Å²) in [6, 6.07) is 8.01. The van der Waals surface area contributed by atoms with Gasteiger partial charge >= 0.3 is 0 Å². The lowest BCUT2D eigenvalue weighted by molar-refractivity contribution is -0.113. The highest BCUT2D eigenvalue weighted by Crippen LogP contribution is 2.27. The van der Waals surface area contributed by atoms with Crippen LogP contribution >= 0.6 is 11.8 Å². The molecule has 4 rings (SSSR count). The number of aryl methyl sites for hydroxylation is 1. The quantitative estimate of drug-likeness (QED) is 0.548. The number of aromatic nitrogens is 2. The Balaban J connectivity index is 1.37. The molecular weight excluding hydrogens is 428 g/mol. The van der Waals surface area contributed by atoms with Gasteiger partial charge in [-0.3, -0.25) is 4.79 Å². The Morgan fingerprint density at radius 2 is 2.03 bits per heavy atom. The van der Waals surface area contributed by atoms with Crippen molar-refractivity contribution < 1.29 is 22.0 Å². The molecule has 0 atom stereocenters. The number of rotatable bonds is 7. The van der Waals surface area contributed by atoms with Gasteiger partial charge in [0.2, 0.25) is 15.9 Å². The van der Waals surface area contributed by atoms with E-state index in [0.29, 0.717) is 36.0 Å². The highest BCUT2D eigenvalue weighted by Gasteiger charge is 2.27. The Bertz CT molecular complexity index is 1150. The Kier molecular flexibility index (Phi) is 5.93. The lowest BCUT2D eigenvalue weighted by atomic mass is 10.3. The van der Waals surface area contributed by atoms with Crippen molar-refractivity contribution in [2.75, 3.05) is 24.2 Å². The first-order valence-corrected chi connectivity index (χ1v) is 11.8. The molecule has 1 aliphatic heterocycles. The molecule has 1 aromatic carbocycles. The van der Waals surface area contributed by atoms with Gasteiger partial charge in [-0.25, -0.2) is 8.42 Å². The minimum absolute atomic E-state index is 0.0368. The monoisotopic (exact) mass is 448 g/mol. The maximum atomic E-state index is 12.7. The van der Waals surface area contributed by atoms with Gasteiger partial charge < -0.3 is 14.2 Å². The molecule has 0 aliphatic carbocycles. The van der Waals surface area contributed by atoms with E-state index in [9.17, 15) is 13.2 Å². The molecular formula is C19H20N4O5S2. The fraction of sp³-hybridized carbons (Fsp3) is 0.316. The number of thioether (sulfide) groups is 1. The Morgan fingerprint density at radius 3 is 2.77 bits per heavy atom. The van der Waals surface area contributed by atoms with Crippen LogP contribution in [-0.2, 0) is 14.8 Å². The molecule has 11 heteroatoms. The molecule has 0 radical (unpaired) electrons. The van der Waals surface area contributed by atoms with Gasteiger partial charge in [0.25, 0.3) is 11.1 Å². The van der Waals surface area contributed by atoms with Crippen molar-refractivity contribution in [3.05, 3.63) is 42.4 Å². The lowest BCUT2D eigenvalue weighted by Crippen LogP contribution is -2.28. The number of nitrogens with zero attached hydrogens (tertiary/aromatic N) is 3. The van der Waals surface area contributed by atoms with E-state index in [2.05, 4.69) is 15.5 Å². The molecule has 0 bridgehead atoms. The lowest BCUT2D eigenvalue weighted by Gasteiger charge is -2.16. The SMILES string of the molecule is Cc1occc1-c1nnc(SCC(=O)Nc2cccc(S(=O)(=O)N3CCCC3)c2)o1. The maximum Gasteiger partial charge on any atom is 0.277 e. The summed E-state index contributed by atoms with van der Waals surface area (Å²) >= 11 is 1.09. The summed E-state index contributed by atoms with van der Waals surface area (Å²) in [5, 5.41) is 10.8. The second-order valence-corrected chi connectivity index (χ2v) is 9.60. The number of nitrogens with one attached hydrogen (secondary N) is 1. The zero-order chi connectivity index (χ0) is 21.1. The average molecular weight is 449 g/mol. The molecule has 9 nitrogen and oxygen atoms in total. The highest BCUT2D eigenvalue weighted by molar-refractivity contribution is 7.99. The number of anilines is 1. The third kappa shape index (κ3) is 4.42. The van der Waals surface area contributed by atoms with E-state index >= 15 is 0 Å². The zero-order valence-corrected chi connectivity index (χ0v) is 17.8. The average Bonchev–Trinajstić information content (AvgIpc) is 3.48. The number of carbonyl (C=O) groups is 1. The van der Waals surface area contributed by atoms with E-state index < -0.39 is 10.0 Å². The van der Waals surface area contributed by atoms with Gasteiger partial charge in [0.1, 0.15) is 5.76 Å². The number of carbonyl (C=O) groups excluding carboxylic acids is 1. The standard InChI is InChI=1S/C19H20N4O5S2/c1-13-16(7-10-27-13)18-21-22-19(28-18)29-12-17(24)20-14-5-4-6-15(11-14)30(25,26)23-8-2-3-9-23/h4-7,10-11H,2-3,8-9,12H2,1H3,(H,20,24). The van der Waals surface area contributed by atoms with Crippen LogP contribution in [0.5, 0.6) is 0 Å². The van der Waals surface area contributed by atoms with E-state index in [4.69, 9.17) is 8.83 Å².